The van der Waals surface area contributed by atoms with Crippen LogP contribution in [-0.4, -0.2) is 18.1 Å². The van der Waals surface area contributed by atoms with E-state index in [1.165, 1.54) is 25.3 Å². The van der Waals surface area contributed by atoms with E-state index in [1.54, 1.807) is 6.07 Å². The van der Waals surface area contributed by atoms with Crippen molar-refractivity contribution in [3.8, 4) is 0 Å². The summed E-state index contributed by atoms with van der Waals surface area (Å²) in [6.07, 6.45) is 3.82. The Kier molecular flexibility index (Phi) is 4.32. The van der Waals surface area contributed by atoms with E-state index < -0.39 is 0 Å². The average Bonchev–Trinajstić information content (AvgIpc) is 2.32. The molecule has 0 unspecified atom stereocenters. The number of rotatable bonds is 3. The molecular formula is C12H16BrFN2. The first-order valence-electron chi connectivity index (χ1n) is 5.69. The Morgan fingerprint density at radius 3 is 2.75 bits per heavy atom. The standard InChI is InChI=1S/C12H16BrFN2/c13-12-10(5-4-6-11(12)14)9-15-16-7-2-1-3-8-16/h4-6,15H,1-3,7-9H2. The van der Waals surface area contributed by atoms with Gasteiger partial charge in [-0.15, -0.1) is 0 Å². The summed E-state index contributed by atoms with van der Waals surface area (Å²) in [5.74, 6) is -0.196. The summed E-state index contributed by atoms with van der Waals surface area (Å²) in [5.41, 5.74) is 4.31. The number of halogens is 2. The molecule has 0 atom stereocenters. The van der Waals surface area contributed by atoms with Crippen LogP contribution in [-0.2, 0) is 6.54 Å². The lowest BCUT2D eigenvalue weighted by atomic mass is 10.2. The smallest absolute Gasteiger partial charge is 0.137 e. The third kappa shape index (κ3) is 3.03. The van der Waals surface area contributed by atoms with E-state index in [4.69, 9.17) is 0 Å². The van der Waals surface area contributed by atoms with E-state index in [0.717, 1.165) is 18.7 Å². The van der Waals surface area contributed by atoms with Gasteiger partial charge in [-0.05, 0) is 40.4 Å². The fraction of sp³-hybridized carbons (Fsp3) is 0.500. The predicted molar refractivity (Wildman–Crippen MR) is 66.4 cm³/mol. The molecule has 0 aromatic heterocycles. The summed E-state index contributed by atoms with van der Waals surface area (Å²) in [6, 6.07) is 5.14. The van der Waals surface area contributed by atoms with Crippen molar-refractivity contribution in [2.75, 3.05) is 13.1 Å². The molecule has 1 N–H and O–H groups in total. The number of hydrogen-bond donors (Lipinski definition) is 1. The number of nitrogens with zero attached hydrogens (tertiary/aromatic N) is 1. The molecule has 1 aliphatic rings. The topological polar surface area (TPSA) is 15.3 Å². The zero-order chi connectivity index (χ0) is 11.4. The van der Waals surface area contributed by atoms with Gasteiger partial charge in [-0.1, -0.05) is 18.6 Å². The molecule has 2 rings (SSSR count). The van der Waals surface area contributed by atoms with E-state index in [9.17, 15) is 4.39 Å². The second kappa shape index (κ2) is 5.75. The Morgan fingerprint density at radius 1 is 1.25 bits per heavy atom. The maximum absolute atomic E-state index is 13.3. The second-order valence-electron chi connectivity index (χ2n) is 4.10. The van der Waals surface area contributed by atoms with Gasteiger partial charge in [0.05, 0.1) is 4.47 Å². The Labute approximate surface area is 104 Å². The largest absolute Gasteiger partial charge is 0.251 e. The highest BCUT2D eigenvalue weighted by atomic mass is 79.9. The molecule has 88 valence electrons. The van der Waals surface area contributed by atoms with E-state index in [0.29, 0.717) is 11.0 Å². The minimum Gasteiger partial charge on any atom is -0.251 e. The Hall–Kier alpha value is -0.450. The van der Waals surface area contributed by atoms with Crippen LogP contribution in [0.15, 0.2) is 22.7 Å². The van der Waals surface area contributed by atoms with Gasteiger partial charge in [-0.25, -0.2) is 9.40 Å². The molecule has 0 aliphatic carbocycles. The van der Waals surface area contributed by atoms with Crippen LogP contribution in [0.4, 0.5) is 4.39 Å². The molecule has 16 heavy (non-hydrogen) atoms. The molecule has 4 heteroatoms. The van der Waals surface area contributed by atoms with Crippen LogP contribution in [0, 0.1) is 5.82 Å². The Balaban J connectivity index is 1.91. The SMILES string of the molecule is Fc1cccc(CNN2CCCCC2)c1Br. The van der Waals surface area contributed by atoms with Crippen molar-refractivity contribution in [2.24, 2.45) is 0 Å². The molecule has 1 aromatic carbocycles. The van der Waals surface area contributed by atoms with E-state index in [1.807, 2.05) is 6.07 Å². The van der Waals surface area contributed by atoms with Gasteiger partial charge in [0.15, 0.2) is 0 Å². The lowest BCUT2D eigenvalue weighted by Crippen LogP contribution is -2.41. The molecule has 1 fully saturated rings. The lowest BCUT2D eigenvalue weighted by molar-refractivity contribution is 0.151. The van der Waals surface area contributed by atoms with Crippen LogP contribution >= 0.6 is 15.9 Å². The molecule has 0 bridgehead atoms. The molecule has 1 saturated heterocycles. The van der Waals surface area contributed by atoms with E-state index >= 15 is 0 Å². The summed E-state index contributed by atoms with van der Waals surface area (Å²) >= 11 is 3.27. The fourth-order valence-corrected chi connectivity index (χ4v) is 2.34. The van der Waals surface area contributed by atoms with E-state index in [-0.39, 0.29) is 5.82 Å². The summed E-state index contributed by atoms with van der Waals surface area (Å²) in [4.78, 5) is 0. The third-order valence-corrected chi connectivity index (χ3v) is 3.77. The van der Waals surface area contributed by atoms with Gasteiger partial charge in [-0.2, -0.15) is 0 Å². The summed E-state index contributed by atoms with van der Waals surface area (Å²) in [5, 5.41) is 2.22. The first-order valence-corrected chi connectivity index (χ1v) is 6.48. The minimum atomic E-state index is -0.196. The summed E-state index contributed by atoms with van der Waals surface area (Å²) in [7, 11) is 0. The van der Waals surface area contributed by atoms with Gasteiger partial charge in [0.2, 0.25) is 0 Å². The van der Waals surface area contributed by atoms with Crippen molar-refractivity contribution < 1.29 is 4.39 Å². The Bertz CT molecular complexity index is 351. The molecule has 0 spiro atoms. The van der Waals surface area contributed by atoms with Crippen molar-refractivity contribution in [3.63, 3.8) is 0 Å². The van der Waals surface area contributed by atoms with Gasteiger partial charge in [-0.3, -0.25) is 5.43 Å². The highest BCUT2D eigenvalue weighted by Gasteiger charge is 2.10. The predicted octanol–water partition coefficient (Wildman–Crippen LogP) is 3.08. The zero-order valence-electron chi connectivity index (χ0n) is 9.18. The highest BCUT2D eigenvalue weighted by Crippen LogP contribution is 2.20. The quantitative estimate of drug-likeness (QED) is 0.919. The van der Waals surface area contributed by atoms with Gasteiger partial charge < -0.3 is 0 Å². The number of hydrogen-bond acceptors (Lipinski definition) is 2. The van der Waals surface area contributed by atoms with Crippen molar-refractivity contribution in [3.05, 3.63) is 34.1 Å². The molecule has 0 saturated carbocycles. The van der Waals surface area contributed by atoms with E-state index in [2.05, 4.69) is 26.4 Å². The first kappa shape index (κ1) is 12.0. The Morgan fingerprint density at radius 2 is 2.00 bits per heavy atom. The van der Waals surface area contributed by atoms with Crippen LogP contribution in [0.2, 0.25) is 0 Å². The van der Waals surface area contributed by atoms with Gasteiger partial charge in [0.1, 0.15) is 5.82 Å². The fourth-order valence-electron chi connectivity index (χ4n) is 1.93. The van der Waals surface area contributed by atoms with Crippen LogP contribution in [0.5, 0.6) is 0 Å². The van der Waals surface area contributed by atoms with Crippen molar-refractivity contribution in [2.45, 2.75) is 25.8 Å². The van der Waals surface area contributed by atoms with Crippen LogP contribution in [0.3, 0.4) is 0 Å². The zero-order valence-corrected chi connectivity index (χ0v) is 10.8. The van der Waals surface area contributed by atoms with Gasteiger partial charge in [0.25, 0.3) is 0 Å². The molecule has 1 aromatic rings. The van der Waals surface area contributed by atoms with Crippen molar-refractivity contribution in [1.29, 1.82) is 0 Å². The number of hydrazine groups is 1. The van der Waals surface area contributed by atoms with Crippen molar-refractivity contribution >= 4 is 15.9 Å². The van der Waals surface area contributed by atoms with Crippen LogP contribution in [0.25, 0.3) is 0 Å². The number of benzene rings is 1. The number of nitrogens with one attached hydrogen (secondary N) is 1. The monoisotopic (exact) mass is 286 g/mol. The normalized spacial score (nSPS) is 17.6. The van der Waals surface area contributed by atoms with Gasteiger partial charge in [0, 0.05) is 19.6 Å². The van der Waals surface area contributed by atoms with Crippen molar-refractivity contribution in [1.82, 2.24) is 10.4 Å². The molecule has 0 radical (unpaired) electrons. The first-order chi connectivity index (χ1) is 7.77. The maximum Gasteiger partial charge on any atom is 0.137 e. The lowest BCUT2D eigenvalue weighted by Gasteiger charge is -2.27. The molecule has 1 heterocycles. The highest BCUT2D eigenvalue weighted by molar-refractivity contribution is 9.10. The van der Waals surface area contributed by atoms with Gasteiger partial charge >= 0.3 is 0 Å². The molecule has 0 amide bonds. The number of piperidine rings is 1. The van der Waals surface area contributed by atoms with Crippen LogP contribution in [0.1, 0.15) is 24.8 Å². The molecule has 2 nitrogen and oxygen atoms in total. The molecular weight excluding hydrogens is 271 g/mol. The average molecular weight is 287 g/mol. The van der Waals surface area contributed by atoms with Crippen LogP contribution < -0.4 is 5.43 Å². The maximum atomic E-state index is 13.3. The second-order valence-corrected chi connectivity index (χ2v) is 4.89. The third-order valence-electron chi connectivity index (χ3n) is 2.88. The summed E-state index contributed by atoms with van der Waals surface area (Å²) in [6.45, 7) is 2.86. The summed E-state index contributed by atoms with van der Waals surface area (Å²) < 4.78 is 13.8. The minimum absolute atomic E-state index is 0.196. The molecule has 1 aliphatic heterocycles.